The number of ketones is 1. The molecule has 1 rings (SSSR count). The Balaban J connectivity index is 3.20. The van der Waals surface area contributed by atoms with E-state index in [9.17, 15) is 14.5 Å². The lowest BCUT2D eigenvalue weighted by Gasteiger charge is -2.26. The van der Waals surface area contributed by atoms with Crippen molar-refractivity contribution in [2.45, 2.75) is 39.8 Å². The zero-order valence-electron chi connectivity index (χ0n) is 13.6. The highest BCUT2D eigenvalue weighted by atomic mass is 31.2. The normalized spacial score (nSPS) is 13.3. The predicted octanol–water partition coefficient (Wildman–Crippen LogP) is 3.79. The van der Waals surface area contributed by atoms with Crippen LogP contribution in [0.5, 0.6) is 5.75 Å². The molecule has 5 nitrogen and oxygen atoms in total. The minimum absolute atomic E-state index is 0.0728. The van der Waals surface area contributed by atoms with Crippen molar-refractivity contribution in [2.75, 3.05) is 13.2 Å². The van der Waals surface area contributed by atoms with E-state index in [0.29, 0.717) is 5.56 Å². The van der Waals surface area contributed by atoms with Crippen molar-refractivity contribution in [3.63, 3.8) is 0 Å². The van der Waals surface area contributed by atoms with E-state index >= 15 is 0 Å². The number of phenols is 1. The smallest absolute Gasteiger partial charge is 0.341 e. The Morgan fingerprint density at radius 2 is 1.73 bits per heavy atom. The summed E-state index contributed by atoms with van der Waals surface area (Å²) in [7, 11) is -3.59. The lowest BCUT2D eigenvalue weighted by molar-refractivity contribution is -0.121. The van der Waals surface area contributed by atoms with E-state index in [2.05, 4.69) is 0 Å². The zero-order valence-corrected chi connectivity index (χ0v) is 14.5. The number of hydrogen-bond acceptors (Lipinski definition) is 5. The molecule has 6 heteroatoms. The molecule has 0 aliphatic rings. The molecule has 0 saturated carbocycles. The fraction of sp³-hybridized carbons (Fsp3) is 0.562. The topological polar surface area (TPSA) is 72.8 Å². The average Bonchev–Trinajstić information content (AvgIpc) is 2.46. The number of hydrogen-bond donors (Lipinski definition) is 1. The van der Waals surface area contributed by atoms with Crippen LogP contribution in [0.4, 0.5) is 0 Å². The number of Topliss-reactive ketones (excluding diaryl/α,β-unsaturated/α-hetero) is 1. The summed E-state index contributed by atoms with van der Waals surface area (Å²) >= 11 is 0. The summed E-state index contributed by atoms with van der Waals surface area (Å²) in [6.45, 7) is 7.32. The van der Waals surface area contributed by atoms with Crippen molar-refractivity contribution in [2.24, 2.45) is 5.92 Å². The average molecular weight is 328 g/mol. The molecule has 0 fully saturated rings. The Labute approximate surface area is 132 Å². The predicted molar refractivity (Wildman–Crippen MR) is 86.3 cm³/mol. The first-order chi connectivity index (χ1) is 10.4. The Bertz CT molecular complexity index is 531. The van der Waals surface area contributed by atoms with Gasteiger partial charge in [-0.3, -0.25) is 9.36 Å². The molecule has 0 radical (unpaired) electrons. The molecule has 124 valence electrons. The number of para-hydroxylation sites is 1. The Hall–Kier alpha value is -1.16. The lowest BCUT2D eigenvalue weighted by atomic mass is 10.00. The van der Waals surface area contributed by atoms with Crippen LogP contribution in [0.25, 0.3) is 0 Å². The molecule has 1 aromatic carbocycles. The number of phenolic OH excluding ortho intramolecular Hbond substituents is 1. The van der Waals surface area contributed by atoms with Crippen molar-refractivity contribution >= 4 is 13.4 Å². The molecular weight excluding hydrogens is 303 g/mol. The number of benzene rings is 1. The van der Waals surface area contributed by atoms with Crippen LogP contribution in [-0.4, -0.2) is 29.8 Å². The Morgan fingerprint density at radius 1 is 1.18 bits per heavy atom. The maximum absolute atomic E-state index is 13.0. The lowest BCUT2D eigenvalue weighted by Crippen LogP contribution is -2.29. The van der Waals surface area contributed by atoms with Gasteiger partial charge in [0.25, 0.3) is 0 Å². The molecule has 22 heavy (non-hydrogen) atoms. The van der Waals surface area contributed by atoms with Gasteiger partial charge in [0.1, 0.15) is 11.4 Å². The van der Waals surface area contributed by atoms with Gasteiger partial charge < -0.3 is 14.2 Å². The minimum atomic E-state index is -3.59. The second kappa shape index (κ2) is 8.47. The van der Waals surface area contributed by atoms with Crippen LogP contribution in [0, 0.1) is 5.92 Å². The zero-order chi connectivity index (χ0) is 16.8. The van der Waals surface area contributed by atoms with Gasteiger partial charge in [0.15, 0.2) is 5.78 Å². The fourth-order valence-electron chi connectivity index (χ4n) is 2.22. The van der Waals surface area contributed by atoms with Gasteiger partial charge in [-0.05, 0) is 31.9 Å². The molecular formula is C16H25O5P. The fourth-order valence-corrected chi connectivity index (χ4v) is 4.41. The molecule has 0 aliphatic heterocycles. The molecule has 0 amide bonds. The summed E-state index contributed by atoms with van der Waals surface area (Å²) in [5, 5.41) is 9.92. The third-order valence-corrected chi connectivity index (χ3v) is 5.74. The van der Waals surface area contributed by atoms with Crippen molar-refractivity contribution in [1.82, 2.24) is 0 Å². The quantitative estimate of drug-likeness (QED) is 0.698. The van der Waals surface area contributed by atoms with Crippen LogP contribution in [0.2, 0.25) is 0 Å². The third kappa shape index (κ3) is 4.67. The van der Waals surface area contributed by atoms with Crippen LogP contribution in [-0.2, 0) is 24.8 Å². The van der Waals surface area contributed by atoms with Crippen LogP contribution in [0.1, 0.15) is 33.3 Å². The van der Waals surface area contributed by atoms with Crippen LogP contribution >= 0.6 is 7.60 Å². The molecule has 1 unspecified atom stereocenters. The van der Waals surface area contributed by atoms with Crippen molar-refractivity contribution < 1.29 is 23.5 Å². The van der Waals surface area contributed by atoms with Gasteiger partial charge in [-0.1, -0.05) is 32.0 Å². The summed E-state index contributed by atoms with van der Waals surface area (Å²) in [6.07, 6.45) is 0.126. The van der Waals surface area contributed by atoms with Crippen LogP contribution in [0.3, 0.4) is 0 Å². The second-order valence-corrected chi connectivity index (χ2v) is 7.50. The second-order valence-electron chi connectivity index (χ2n) is 5.28. The van der Waals surface area contributed by atoms with Gasteiger partial charge in [0.2, 0.25) is 0 Å². The van der Waals surface area contributed by atoms with E-state index in [4.69, 9.17) is 9.05 Å². The van der Waals surface area contributed by atoms with Gasteiger partial charge in [-0.25, -0.2) is 0 Å². The number of rotatable bonds is 9. The molecule has 0 bridgehead atoms. The summed E-state index contributed by atoms with van der Waals surface area (Å²) in [5.41, 5.74) is -0.359. The number of carbonyl (C=O) groups is 1. The van der Waals surface area contributed by atoms with E-state index in [-0.39, 0.29) is 37.1 Å². The highest BCUT2D eigenvalue weighted by Crippen LogP contribution is 2.55. The number of carbonyl (C=O) groups excluding carboxylic acids is 1. The van der Waals surface area contributed by atoms with Crippen molar-refractivity contribution in [1.29, 1.82) is 0 Å². The summed E-state index contributed by atoms with van der Waals surface area (Å²) in [4.78, 5) is 12.5. The maximum Gasteiger partial charge on any atom is 0.341 e. The molecule has 0 heterocycles. The highest BCUT2D eigenvalue weighted by molar-refractivity contribution is 7.55. The van der Waals surface area contributed by atoms with E-state index in [1.54, 1.807) is 52.0 Å². The van der Waals surface area contributed by atoms with E-state index in [0.717, 1.165) is 0 Å². The van der Waals surface area contributed by atoms with Gasteiger partial charge >= 0.3 is 7.60 Å². The first-order valence-electron chi connectivity index (χ1n) is 7.55. The maximum atomic E-state index is 13.0. The summed E-state index contributed by atoms with van der Waals surface area (Å²) in [5.74, 6) is -0.415. The molecule has 1 aromatic rings. The monoisotopic (exact) mass is 328 g/mol. The van der Waals surface area contributed by atoms with Crippen LogP contribution in [0.15, 0.2) is 24.3 Å². The van der Waals surface area contributed by atoms with Gasteiger partial charge in [0, 0.05) is 5.92 Å². The Morgan fingerprint density at radius 3 is 2.18 bits per heavy atom. The van der Waals surface area contributed by atoms with Crippen molar-refractivity contribution in [3.8, 4) is 5.75 Å². The van der Waals surface area contributed by atoms with E-state index in [1.165, 1.54) is 0 Å². The molecule has 0 aliphatic carbocycles. The van der Waals surface area contributed by atoms with E-state index in [1.807, 2.05) is 0 Å². The minimum Gasteiger partial charge on any atom is -0.508 e. The SMILES string of the molecule is CCOP(=O)(OCC)C(Cc1ccccc1O)C(=O)C(C)C. The molecule has 1 N–H and O–H groups in total. The number of aromatic hydroxyl groups is 1. The van der Waals surface area contributed by atoms with Gasteiger partial charge in [-0.2, -0.15) is 0 Å². The van der Waals surface area contributed by atoms with Crippen LogP contribution < -0.4 is 0 Å². The van der Waals surface area contributed by atoms with E-state index < -0.39 is 13.3 Å². The molecule has 0 spiro atoms. The third-order valence-electron chi connectivity index (χ3n) is 3.30. The first-order valence-corrected chi connectivity index (χ1v) is 9.16. The van der Waals surface area contributed by atoms with Gasteiger partial charge in [0.05, 0.1) is 13.2 Å². The standard InChI is InChI=1S/C16H25O5P/c1-5-20-22(19,21-6-2)15(16(18)12(3)4)11-13-9-7-8-10-14(13)17/h7-10,12,15,17H,5-6,11H2,1-4H3. The molecule has 0 aromatic heterocycles. The summed E-state index contributed by atoms with van der Waals surface area (Å²) < 4.78 is 23.7. The highest BCUT2D eigenvalue weighted by Gasteiger charge is 2.41. The molecule has 0 saturated heterocycles. The van der Waals surface area contributed by atoms with Crippen molar-refractivity contribution in [3.05, 3.63) is 29.8 Å². The Kier molecular flexibility index (Phi) is 7.27. The molecule has 1 atom stereocenters. The largest absolute Gasteiger partial charge is 0.508 e. The summed E-state index contributed by atoms with van der Waals surface area (Å²) in [6, 6.07) is 6.71. The van der Waals surface area contributed by atoms with Gasteiger partial charge in [-0.15, -0.1) is 0 Å². The first kappa shape index (κ1) is 18.9.